The van der Waals surface area contributed by atoms with Crippen molar-refractivity contribution < 1.29 is 18.3 Å². The van der Waals surface area contributed by atoms with Gasteiger partial charge in [-0.2, -0.15) is 13.2 Å². The smallest absolute Gasteiger partial charge is 0.392 e. The van der Waals surface area contributed by atoms with Crippen molar-refractivity contribution in [3.8, 4) is 10.4 Å². The summed E-state index contributed by atoms with van der Waals surface area (Å²) in [6.45, 7) is 4.21. The van der Waals surface area contributed by atoms with Crippen molar-refractivity contribution in [2.45, 2.75) is 38.6 Å². The molecule has 1 atom stereocenters. The van der Waals surface area contributed by atoms with Crippen LogP contribution in [0.3, 0.4) is 0 Å². The van der Waals surface area contributed by atoms with Crippen LogP contribution in [0.4, 0.5) is 24.8 Å². The second kappa shape index (κ2) is 8.89. The largest absolute Gasteiger partial charge is 0.433 e. The number of halogens is 3. The van der Waals surface area contributed by atoms with E-state index in [0.29, 0.717) is 18.8 Å². The molecular weight excluding hydrogens is 427 g/mol. The van der Waals surface area contributed by atoms with Gasteiger partial charge in [-0.3, -0.25) is 4.90 Å². The molecule has 31 heavy (non-hydrogen) atoms. The quantitative estimate of drug-likeness (QED) is 0.592. The summed E-state index contributed by atoms with van der Waals surface area (Å²) < 4.78 is 38.7. The molecule has 1 unspecified atom stereocenters. The van der Waals surface area contributed by atoms with E-state index in [-0.39, 0.29) is 12.1 Å². The van der Waals surface area contributed by atoms with E-state index in [1.54, 1.807) is 17.5 Å². The summed E-state index contributed by atoms with van der Waals surface area (Å²) >= 11 is 1.57. The van der Waals surface area contributed by atoms with Crippen LogP contribution in [-0.2, 0) is 12.7 Å². The summed E-state index contributed by atoms with van der Waals surface area (Å²) in [5.74, 6) is -0.111. The van der Waals surface area contributed by atoms with E-state index in [9.17, 15) is 18.3 Å². The number of β-amino-alcohol motifs (C(OH)–C–C–N with tert-alkyl or cyclic N) is 1. The van der Waals surface area contributed by atoms with Gasteiger partial charge in [0.1, 0.15) is 10.7 Å². The molecule has 1 saturated heterocycles. The summed E-state index contributed by atoms with van der Waals surface area (Å²) in [7, 11) is 0. The molecule has 0 saturated carbocycles. The number of hydrogen-bond acceptors (Lipinski definition) is 7. The zero-order valence-corrected chi connectivity index (χ0v) is 17.7. The minimum Gasteiger partial charge on any atom is -0.392 e. The van der Waals surface area contributed by atoms with Gasteiger partial charge in [0.2, 0.25) is 5.95 Å². The second-order valence-corrected chi connectivity index (χ2v) is 8.74. The fourth-order valence-corrected chi connectivity index (χ4v) is 4.53. The number of aromatic nitrogens is 3. The monoisotopic (exact) mass is 449 g/mol. The van der Waals surface area contributed by atoms with Gasteiger partial charge in [-0.15, -0.1) is 11.3 Å². The van der Waals surface area contributed by atoms with E-state index < -0.39 is 11.9 Å². The lowest BCUT2D eigenvalue weighted by Crippen LogP contribution is -2.37. The molecule has 6 nitrogen and oxygen atoms in total. The molecule has 10 heteroatoms. The van der Waals surface area contributed by atoms with Crippen molar-refractivity contribution >= 4 is 23.0 Å². The SMILES string of the molecule is Cc1cc(Nc2nccc(C(F)(F)F)n2)cc(-c2cnc(CN3CCCC(O)C3)s2)c1. The minimum atomic E-state index is -4.53. The zero-order chi connectivity index (χ0) is 22.0. The third-order valence-electron chi connectivity index (χ3n) is 4.96. The molecule has 0 aliphatic carbocycles. The van der Waals surface area contributed by atoms with Gasteiger partial charge in [0.15, 0.2) is 0 Å². The maximum Gasteiger partial charge on any atom is 0.433 e. The van der Waals surface area contributed by atoms with Crippen LogP contribution in [0.5, 0.6) is 0 Å². The molecule has 1 fully saturated rings. The van der Waals surface area contributed by atoms with Crippen molar-refractivity contribution in [1.29, 1.82) is 0 Å². The lowest BCUT2D eigenvalue weighted by atomic mass is 10.1. The van der Waals surface area contributed by atoms with Gasteiger partial charge in [0, 0.05) is 24.6 Å². The standard InChI is InChI=1S/C21H22F3N5OS/c1-13-7-14(17-10-26-19(31-17)12-29-6-2-3-16(30)11-29)9-15(8-13)27-20-25-5-4-18(28-20)21(22,23)24/h4-5,7-10,16,30H,2-3,6,11-12H2,1H3,(H,25,27,28). The van der Waals surface area contributed by atoms with Crippen LogP contribution in [-0.4, -0.2) is 44.2 Å². The van der Waals surface area contributed by atoms with E-state index in [0.717, 1.165) is 52.7 Å². The molecule has 4 rings (SSSR count). The van der Waals surface area contributed by atoms with Gasteiger partial charge >= 0.3 is 6.18 Å². The Morgan fingerprint density at radius 2 is 2.10 bits per heavy atom. The molecule has 1 aromatic carbocycles. The molecule has 3 aromatic rings. The third-order valence-corrected chi connectivity index (χ3v) is 5.99. The molecule has 0 radical (unpaired) electrons. The number of aryl methyl sites for hydroxylation is 1. The number of anilines is 2. The summed E-state index contributed by atoms with van der Waals surface area (Å²) in [4.78, 5) is 15.1. The highest BCUT2D eigenvalue weighted by molar-refractivity contribution is 7.15. The Balaban J connectivity index is 1.51. The molecular formula is C21H22F3N5OS. The fourth-order valence-electron chi connectivity index (χ4n) is 3.59. The lowest BCUT2D eigenvalue weighted by molar-refractivity contribution is -0.141. The van der Waals surface area contributed by atoms with E-state index in [1.807, 2.05) is 25.1 Å². The second-order valence-electron chi connectivity index (χ2n) is 7.63. The molecule has 1 aliphatic rings. The number of piperidine rings is 1. The number of benzene rings is 1. The highest BCUT2D eigenvalue weighted by Crippen LogP contribution is 2.32. The van der Waals surface area contributed by atoms with Crippen molar-refractivity contribution in [1.82, 2.24) is 19.9 Å². The molecule has 1 aliphatic heterocycles. The lowest BCUT2D eigenvalue weighted by Gasteiger charge is -2.29. The number of hydrogen-bond donors (Lipinski definition) is 2. The predicted octanol–water partition coefficient (Wildman–Crippen LogP) is 4.63. The Hall–Kier alpha value is -2.56. The van der Waals surface area contributed by atoms with Gasteiger partial charge in [-0.1, -0.05) is 6.07 Å². The van der Waals surface area contributed by atoms with Crippen LogP contribution >= 0.6 is 11.3 Å². The molecule has 2 aromatic heterocycles. The average molecular weight is 450 g/mol. The topological polar surface area (TPSA) is 74.2 Å². The highest BCUT2D eigenvalue weighted by atomic mass is 32.1. The van der Waals surface area contributed by atoms with E-state index in [1.165, 1.54) is 0 Å². The molecule has 0 bridgehead atoms. The maximum atomic E-state index is 12.9. The van der Waals surface area contributed by atoms with Crippen LogP contribution in [0, 0.1) is 6.92 Å². The molecule has 164 valence electrons. The highest BCUT2D eigenvalue weighted by Gasteiger charge is 2.32. The first-order valence-corrected chi connectivity index (χ1v) is 10.7. The fraction of sp³-hybridized carbons (Fsp3) is 0.381. The van der Waals surface area contributed by atoms with Gasteiger partial charge < -0.3 is 10.4 Å². The van der Waals surface area contributed by atoms with Crippen LogP contribution in [0.15, 0.2) is 36.7 Å². The number of rotatable bonds is 5. The number of aliphatic hydroxyl groups is 1. The van der Waals surface area contributed by atoms with E-state index in [4.69, 9.17) is 0 Å². The van der Waals surface area contributed by atoms with Gasteiger partial charge in [0.25, 0.3) is 0 Å². The summed E-state index contributed by atoms with van der Waals surface area (Å²) in [5, 5.41) is 13.7. The predicted molar refractivity (Wildman–Crippen MR) is 113 cm³/mol. The number of thiazole rings is 1. The third kappa shape index (κ3) is 5.57. The van der Waals surface area contributed by atoms with Crippen molar-refractivity contribution in [3.63, 3.8) is 0 Å². The average Bonchev–Trinajstić information content (AvgIpc) is 3.16. The summed E-state index contributed by atoms with van der Waals surface area (Å²) in [5.41, 5.74) is 1.47. The van der Waals surface area contributed by atoms with Crippen LogP contribution < -0.4 is 5.32 Å². The first-order chi connectivity index (χ1) is 14.8. The Morgan fingerprint density at radius 1 is 1.26 bits per heavy atom. The maximum absolute atomic E-state index is 12.9. The molecule has 0 amide bonds. The molecule has 3 heterocycles. The number of nitrogens with one attached hydrogen (secondary N) is 1. The Morgan fingerprint density at radius 3 is 2.87 bits per heavy atom. The number of likely N-dealkylation sites (tertiary alicyclic amines) is 1. The van der Waals surface area contributed by atoms with Gasteiger partial charge in [0.05, 0.1) is 17.5 Å². The number of aliphatic hydroxyl groups excluding tert-OH is 1. The first kappa shape index (κ1) is 21.7. The Bertz CT molecular complexity index is 1060. The van der Waals surface area contributed by atoms with Crippen molar-refractivity contribution in [3.05, 3.63) is 52.9 Å². The van der Waals surface area contributed by atoms with Crippen molar-refractivity contribution in [2.75, 3.05) is 18.4 Å². The number of nitrogens with zero attached hydrogens (tertiary/aromatic N) is 4. The van der Waals surface area contributed by atoms with Crippen LogP contribution in [0.25, 0.3) is 10.4 Å². The van der Waals surface area contributed by atoms with Crippen LogP contribution in [0.2, 0.25) is 0 Å². The first-order valence-electron chi connectivity index (χ1n) is 9.91. The summed E-state index contributed by atoms with van der Waals surface area (Å²) in [6.07, 6.45) is -0.1000. The van der Waals surface area contributed by atoms with Crippen LogP contribution in [0.1, 0.15) is 29.1 Å². The molecule has 2 N–H and O–H groups in total. The Labute approximate surface area is 181 Å². The Kier molecular flexibility index (Phi) is 6.22. The van der Waals surface area contributed by atoms with Gasteiger partial charge in [-0.05, 0) is 55.6 Å². The van der Waals surface area contributed by atoms with Crippen molar-refractivity contribution in [2.24, 2.45) is 0 Å². The van der Waals surface area contributed by atoms with E-state index >= 15 is 0 Å². The summed E-state index contributed by atoms with van der Waals surface area (Å²) in [6, 6.07) is 6.51. The molecule has 0 spiro atoms. The zero-order valence-electron chi connectivity index (χ0n) is 16.9. The normalized spacial score (nSPS) is 17.6. The van der Waals surface area contributed by atoms with Gasteiger partial charge in [-0.25, -0.2) is 15.0 Å². The van der Waals surface area contributed by atoms with E-state index in [2.05, 4.69) is 25.2 Å². The minimum absolute atomic E-state index is 0.111. The number of alkyl halides is 3.